The second kappa shape index (κ2) is 10.2. The highest BCUT2D eigenvalue weighted by Crippen LogP contribution is 2.21. The van der Waals surface area contributed by atoms with E-state index < -0.39 is 6.04 Å². The Morgan fingerprint density at radius 3 is 2.58 bits per heavy atom. The smallest absolute Gasteiger partial charge is 0.245 e. The number of rotatable bonds is 9. The molecular formula is C26H36N4O3. The van der Waals surface area contributed by atoms with Gasteiger partial charge in [-0.15, -0.1) is 0 Å². The number of carbonyl (C=O) groups is 2. The zero-order valence-electron chi connectivity index (χ0n) is 20.6. The van der Waals surface area contributed by atoms with Crippen LogP contribution < -0.4 is 5.32 Å². The fourth-order valence-electron chi connectivity index (χ4n) is 3.92. The summed E-state index contributed by atoms with van der Waals surface area (Å²) in [5.41, 5.74) is 2.60. The van der Waals surface area contributed by atoms with E-state index in [9.17, 15) is 9.59 Å². The number of hydrogen-bond donors (Lipinski definition) is 1. The summed E-state index contributed by atoms with van der Waals surface area (Å²) in [6.07, 6.45) is 6.11. The van der Waals surface area contributed by atoms with Gasteiger partial charge in [-0.05, 0) is 41.5 Å². The summed E-state index contributed by atoms with van der Waals surface area (Å²) in [7, 11) is 1.92. The normalized spacial score (nSPS) is 12.8. The number of carbonyl (C=O) groups excluding carboxylic acids is 2. The van der Waals surface area contributed by atoms with Gasteiger partial charge >= 0.3 is 0 Å². The van der Waals surface area contributed by atoms with Crippen molar-refractivity contribution >= 4 is 22.8 Å². The van der Waals surface area contributed by atoms with Gasteiger partial charge in [0.05, 0.1) is 24.8 Å². The number of hydrogen-bond acceptors (Lipinski definition) is 4. The number of furan rings is 1. The molecule has 0 bridgehead atoms. The summed E-state index contributed by atoms with van der Waals surface area (Å²) in [5, 5.41) is 4.02. The largest absolute Gasteiger partial charge is 0.464 e. The molecule has 7 nitrogen and oxygen atoms in total. The number of fused-ring (bicyclic) bond motifs is 1. The summed E-state index contributed by atoms with van der Waals surface area (Å²) in [5.74, 6) is 0.0796. The second-order valence-corrected chi connectivity index (χ2v) is 10.5. The molecule has 0 unspecified atom stereocenters. The number of amides is 2. The van der Waals surface area contributed by atoms with E-state index in [1.54, 1.807) is 18.8 Å². The maximum atomic E-state index is 13.8. The van der Waals surface area contributed by atoms with Crippen LogP contribution in [0.2, 0.25) is 0 Å². The fourth-order valence-corrected chi connectivity index (χ4v) is 3.92. The van der Waals surface area contributed by atoms with Gasteiger partial charge < -0.3 is 19.2 Å². The summed E-state index contributed by atoms with van der Waals surface area (Å²) >= 11 is 0. The minimum Gasteiger partial charge on any atom is -0.464 e. The van der Waals surface area contributed by atoms with Crippen LogP contribution in [0.4, 0.5) is 0 Å². The molecule has 2 heterocycles. The summed E-state index contributed by atoms with van der Waals surface area (Å²) in [6, 6.07) is 7.28. The highest BCUT2D eigenvalue weighted by Gasteiger charge is 2.29. The van der Waals surface area contributed by atoms with Crippen molar-refractivity contribution in [2.45, 2.75) is 66.6 Å². The number of imidazole rings is 1. The lowest BCUT2D eigenvalue weighted by Gasteiger charge is -2.30. The Bertz CT molecular complexity index is 1090. The molecule has 1 N–H and O–H groups in total. The van der Waals surface area contributed by atoms with Crippen molar-refractivity contribution in [1.29, 1.82) is 0 Å². The lowest BCUT2D eigenvalue weighted by molar-refractivity contribution is -0.138. The molecule has 7 heteroatoms. The minimum atomic E-state index is -0.578. The number of aromatic nitrogens is 2. The molecule has 1 aromatic carbocycles. The molecule has 0 saturated heterocycles. The van der Waals surface area contributed by atoms with E-state index >= 15 is 0 Å². The number of benzene rings is 1. The predicted molar refractivity (Wildman–Crippen MR) is 129 cm³/mol. The summed E-state index contributed by atoms with van der Waals surface area (Å²) < 4.78 is 7.36. The number of aryl methyl sites for hydroxylation is 1. The van der Waals surface area contributed by atoms with Crippen LogP contribution in [0.1, 0.15) is 58.7 Å². The van der Waals surface area contributed by atoms with Gasteiger partial charge in [-0.25, -0.2) is 4.98 Å². The predicted octanol–water partition coefficient (Wildman–Crippen LogP) is 4.66. The number of nitrogens with zero attached hydrogens (tertiary/aromatic N) is 3. The Kier molecular flexibility index (Phi) is 7.61. The molecule has 0 saturated carbocycles. The average molecular weight is 453 g/mol. The van der Waals surface area contributed by atoms with Crippen molar-refractivity contribution in [3.63, 3.8) is 0 Å². The topological polar surface area (TPSA) is 80.4 Å². The lowest BCUT2D eigenvalue weighted by Crippen LogP contribution is -2.49. The van der Waals surface area contributed by atoms with Crippen LogP contribution in [0.25, 0.3) is 11.0 Å². The Morgan fingerprint density at radius 1 is 1.18 bits per heavy atom. The Labute approximate surface area is 196 Å². The van der Waals surface area contributed by atoms with E-state index in [4.69, 9.17) is 4.42 Å². The van der Waals surface area contributed by atoms with Crippen LogP contribution in [0, 0.1) is 11.3 Å². The Hall–Kier alpha value is -3.09. The molecule has 33 heavy (non-hydrogen) atoms. The Balaban J connectivity index is 1.87. The first-order valence-electron chi connectivity index (χ1n) is 11.5. The lowest BCUT2D eigenvalue weighted by atomic mass is 9.91. The molecule has 0 aliphatic carbocycles. The third-order valence-electron chi connectivity index (χ3n) is 5.50. The van der Waals surface area contributed by atoms with E-state index in [1.165, 1.54) is 0 Å². The van der Waals surface area contributed by atoms with Crippen LogP contribution in [0.15, 0.2) is 47.5 Å². The first-order chi connectivity index (χ1) is 15.5. The van der Waals surface area contributed by atoms with Crippen molar-refractivity contribution in [3.05, 3.63) is 54.3 Å². The zero-order chi connectivity index (χ0) is 24.2. The highest BCUT2D eigenvalue weighted by atomic mass is 16.3. The van der Waals surface area contributed by atoms with Gasteiger partial charge in [0.2, 0.25) is 11.8 Å². The highest BCUT2D eigenvalue weighted by molar-refractivity contribution is 5.88. The number of nitrogens with one attached hydrogen (secondary N) is 1. The SMILES string of the molecule is CC(C)C[C@H](NC(=O)CC(C)(C)C)C(=O)N(Cc1ccc2occc2c1)Cc1cncn1C. The Morgan fingerprint density at radius 2 is 1.94 bits per heavy atom. The fraction of sp³-hybridized carbons (Fsp3) is 0.500. The van der Waals surface area contributed by atoms with Crippen LogP contribution >= 0.6 is 0 Å². The molecule has 2 amide bonds. The molecule has 2 aromatic heterocycles. The standard InChI is InChI=1S/C26H36N4O3/c1-18(2)11-22(28-24(31)13-26(3,4)5)25(32)30(16-21-14-27-17-29(21)6)15-19-7-8-23-20(12-19)9-10-33-23/h7-10,12,14,17-18,22H,11,13,15-16H2,1-6H3,(H,28,31)/t22-/m0/s1. The van der Waals surface area contributed by atoms with Crippen molar-refractivity contribution < 1.29 is 14.0 Å². The molecule has 0 aliphatic heterocycles. The van der Waals surface area contributed by atoms with Gasteiger partial charge in [-0.3, -0.25) is 9.59 Å². The van der Waals surface area contributed by atoms with E-state index in [1.807, 2.05) is 61.6 Å². The van der Waals surface area contributed by atoms with Crippen LogP contribution in [-0.4, -0.2) is 32.3 Å². The third-order valence-corrected chi connectivity index (χ3v) is 5.50. The first kappa shape index (κ1) is 24.6. The summed E-state index contributed by atoms with van der Waals surface area (Å²) in [4.78, 5) is 32.5. The van der Waals surface area contributed by atoms with Crippen LogP contribution in [0.5, 0.6) is 0 Å². The van der Waals surface area contributed by atoms with Crippen molar-refractivity contribution in [1.82, 2.24) is 19.8 Å². The van der Waals surface area contributed by atoms with Gasteiger partial charge in [0.15, 0.2) is 0 Å². The molecule has 0 radical (unpaired) electrons. The maximum Gasteiger partial charge on any atom is 0.245 e. The molecule has 0 aliphatic rings. The van der Waals surface area contributed by atoms with Crippen molar-refractivity contribution in [2.75, 3.05) is 0 Å². The average Bonchev–Trinajstić information content (AvgIpc) is 3.33. The van der Waals surface area contributed by atoms with Gasteiger partial charge in [-0.1, -0.05) is 40.7 Å². The molecule has 178 valence electrons. The summed E-state index contributed by atoms with van der Waals surface area (Å²) in [6.45, 7) is 11.0. The van der Waals surface area contributed by atoms with Gasteiger partial charge in [0, 0.05) is 31.6 Å². The zero-order valence-corrected chi connectivity index (χ0v) is 20.6. The molecule has 3 aromatic rings. The molecular weight excluding hydrogens is 416 g/mol. The van der Waals surface area contributed by atoms with Gasteiger partial charge in [-0.2, -0.15) is 0 Å². The van der Waals surface area contributed by atoms with Gasteiger partial charge in [0.25, 0.3) is 0 Å². The van der Waals surface area contributed by atoms with E-state index in [-0.39, 0.29) is 23.1 Å². The second-order valence-electron chi connectivity index (χ2n) is 10.5. The van der Waals surface area contributed by atoms with Crippen molar-refractivity contribution in [3.8, 4) is 0 Å². The van der Waals surface area contributed by atoms with E-state index in [0.29, 0.717) is 25.9 Å². The maximum absolute atomic E-state index is 13.8. The third kappa shape index (κ3) is 6.94. The van der Waals surface area contributed by atoms with E-state index in [2.05, 4.69) is 24.1 Å². The molecule has 0 fully saturated rings. The van der Waals surface area contributed by atoms with E-state index in [0.717, 1.165) is 22.2 Å². The van der Waals surface area contributed by atoms with Crippen LogP contribution in [-0.2, 0) is 29.7 Å². The minimum absolute atomic E-state index is 0.0838. The van der Waals surface area contributed by atoms with Crippen LogP contribution in [0.3, 0.4) is 0 Å². The molecule has 3 rings (SSSR count). The molecule has 1 atom stereocenters. The quantitative estimate of drug-likeness (QED) is 0.512. The first-order valence-corrected chi connectivity index (χ1v) is 11.5. The van der Waals surface area contributed by atoms with Gasteiger partial charge in [0.1, 0.15) is 11.6 Å². The monoisotopic (exact) mass is 452 g/mol. The molecule has 0 spiro atoms. The van der Waals surface area contributed by atoms with Crippen molar-refractivity contribution in [2.24, 2.45) is 18.4 Å².